The lowest BCUT2D eigenvalue weighted by atomic mass is 10.0. The van der Waals surface area contributed by atoms with Crippen molar-refractivity contribution in [3.05, 3.63) is 87.9 Å². The molecule has 1 atom stereocenters. The fraction of sp³-hybridized carbons (Fsp3) is 0.222. The van der Waals surface area contributed by atoms with Crippen LogP contribution in [0.4, 0.5) is 32.0 Å². The zero-order valence-corrected chi connectivity index (χ0v) is 22.3. The standard InChI is InChI=1S/C27H20ClF6NO5S/c28-22-6-2-5-21(27(32,33)34)20(22)10-7-16-8-11-24-23(13-16)35(15-18(40-24)9-12-25(36)37)41(38,39)19-4-1-3-17(14-19)26(29,30)31/h1-8,10-11,13-14,18H,9,12,15H2,(H,36,37)/b10-7+. The van der Waals surface area contributed by atoms with Gasteiger partial charge >= 0.3 is 18.3 Å². The second-order valence-corrected chi connectivity index (χ2v) is 11.3. The van der Waals surface area contributed by atoms with E-state index in [1.165, 1.54) is 30.3 Å². The number of anilines is 1. The van der Waals surface area contributed by atoms with Crippen molar-refractivity contribution >= 4 is 45.4 Å². The Bertz CT molecular complexity index is 1600. The Balaban J connectivity index is 1.78. The van der Waals surface area contributed by atoms with Crippen molar-refractivity contribution in [1.29, 1.82) is 0 Å². The number of alkyl halides is 6. The first-order valence-electron chi connectivity index (χ1n) is 11.8. The maximum Gasteiger partial charge on any atom is 0.417 e. The molecule has 1 aliphatic heterocycles. The molecule has 1 N–H and O–H groups in total. The van der Waals surface area contributed by atoms with Crippen molar-refractivity contribution in [2.24, 2.45) is 0 Å². The molecule has 0 aliphatic carbocycles. The quantitative estimate of drug-likeness (QED) is 0.221. The van der Waals surface area contributed by atoms with Gasteiger partial charge in [-0.05, 0) is 54.4 Å². The molecular weight excluding hydrogens is 600 g/mol. The molecule has 0 saturated carbocycles. The molecule has 0 spiro atoms. The molecule has 0 fully saturated rings. The third kappa shape index (κ3) is 6.79. The molecule has 6 nitrogen and oxygen atoms in total. The van der Waals surface area contributed by atoms with Crippen LogP contribution in [0, 0.1) is 0 Å². The summed E-state index contributed by atoms with van der Waals surface area (Å²) in [5.74, 6) is -1.17. The number of nitrogens with zero attached hydrogens (tertiary/aromatic N) is 1. The average molecular weight is 620 g/mol. The van der Waals surface area contributed by atoms with Crippen LogP contribution in [0.15, 0.2) is 65.6 Å². The Hall–Kier alpha value is -3.71. The monoisotopic (exact) mass is 619 g/mol. The van der Waals surface area contributed by atoms with E-state index in [1.54, 1.807) is 0 Å². The summed E-state index contributed by atoms with van der Waals surface area (Å²) < 4.78 is 114. The van der Waals surface area contributed by atoms with E-state index in [2.05, 4.69) is 0 Å². The van der Waals surface area contributed by atoms with Crippen molar-refractivity contribution in [1.82, 2.24) is 0 Å². The molecule has 3 aromatic carbocycles. The van der Waals surface area contributed by atoms with Crippen LogP contribution in [0.2, 0.25) is 5.02 Å². The van der Waals surface area contributed by atoms with Crippen LogP contribution in [-0.4, -0.2) is 32.1 Å². The van der Waals surface area contributed by atoms with Gasteiger partial charge in [-0.25, -0.2) is 8.42 Å². The Morgan fingerprint density at radius 3 is 2.37 bits per heavy atom. The number of carboxylic acid groups (broad SMARTS) is 1. The molecule has 0 amide bonds. The minimum atomic E-state index is -4.82. The molecule has 1 heterocycles. The summed E-state index contributed by atoms with van der Waals surface area (Å²) >= 11 is 6.00. The molecule has 4 rings (SSSR count). The third-order valence-electron chi connectivity index (χ3n) is 6.15. The SMILES string of the molecule is O=C(O)CCC1CN(S(=O)(=O)c2cccc(C(F)(F)F)c2)c2cc(/C=C/c3c(Cl)cccc3C(F)(F)F)ccc2O1. The van der Waals surface area contributed by atoms with E-state index in [0.717, 1.165) is 40.7 Å². The van der Waals surface area contributed by atoms with Gasteiger partial charge in [0.25, 0.3) is 10.0 Å². The van der Waals surface area contributed by atoms with Gasteiger partial charge in [-0.2, -0.15) is 26.3 Å². The summed E-state index contributed by atoms with van der Waals surface area (Å²) in [5, 5.41) is 8.87. The minimum absolute atomic E-state index is 0.00642. The summed E-state index contributed by atoms with van der Waals surface area (Å²) in [7, 11) is -4.63. The number of fused-ring (bicyclic) bond motifs is 1. The van der Waals surface area contributed by atoms with E-state index in [4.69, 9.17) is 21.4 Å². The predicted molar refractivity (Wildman–Crippen MR) is 139 cm³/mol. The van der Waals surface area contributed by atoms with Crippen molar-refractivity contribution in [2.75, 3.05) is 10.8 Å². The van der Waals surface area contributed by atoms with E-state index >= 15 is 0 Å². The first-order valence-corrected chi connectivity index (χ1v) is 13.7. The summed E-state index contributed by atoms with van der Waals surface area (Å²) in [5.41, 5.74) is -2.36. The Kier molecular flexibility index (Phi) is 8.33. The number of aliphatic carboxylic acids is 1. The highest BCUT2D eigenvalue weighted by Crippen LogP contribution is 2.41. The summed E-state index contributed by atoms with van der Waals surface area (Å²) in [6.07, 6.45) is -8.55. The smallest absolute Gasteiger partial charge is 0.417 e. The van der Waals surface area contributed by atoms with E-state index < -0.39 is 57.0 Å². The van der Waals surface area contributed by atoms with Gasteiger partial charge in [-0.1, -0.05) is 42.0 Å². The van der Waals surface area contributed by atoms with Gasteiger partial charge in [0.2, 0.25) is 0 Å². The molecule has 3 aromatic rings. The number of ether oxygens (including phenoxy) is 1. The van der Waals surface area contributed by atoms with Crippen molar-refractivity contribution in [3.63, 3.8) is 0 Å². The van der Waals surface area contributed by atoms with E-state index in [1.807, 2.05) is 0 Å². The van der Waals surface area contributed by atoms with Gasteiger partial charge in [0.1, 0.15) is 11.9 Å². The highest BCUT2D eigenvalue weighted by Gasteiger charge is 2.37. The first kappa shape index (κ1) is 30.3. The number of sulfonamides is 1. The normalized spacial score (nSPS) is 16.0. The van der Waals surface area contributed by atoms with Crippen molar-refractivity contribution < 1.29 is 49.4 Å². The van der Waals surface area contributed by atoms with Gasteiger partial charge in [0.15, 0.2) is 0 Å². The zero-order valence-electron chi connectivity index (χ0n) is 20.7. The number of carbonyl (C=O) groups is 1. The lowest BCUT2D eigenvalue weighted by Gasteiger charge is -2.35. The number of hydrogen-bond acceptors (Lipinski definition) is 4. The van der Waals surface area contributed by atoms with Crippen LogP contribution >= 0.6 is 11.6 Å². The fourth-order valence-electron chi connectivity index (χ4n) is 4.19. The molecule has 1 aliphatic rings. The molecule has 0 bridgehead atoms. The number of rotatable bonds is 7. The molecule has 0 aromatic heterocycles. The largest absolute Gasteiger partial charge is 0.486 e. The van der Waals surface area contributed by atoms with Crippen LogP contribution in [-0.2, 0) is 27.2 Å². The van der Waals surface area contributed by atoms with Gasteiger partial charge in [0, 0.05) is 17.0 Å². The van der Waals surface area contributed by atoms with Crippen LogP contribution in [0.1, 0.15) is 35.1 Å². The van der Waals surface area contributed by atoms with E-state index in [-0.39, 0.29) is 40.4 Å². The van der Waals surface area contributed by atoms with Gasteiger partial charge in [-0.3, -0.25) is 9.10 Å². The summed E-state index contributed by atoms with van der Waals surface area (Å²) in [6.45, 7) is -0.422. The molecular formula is C27H20ClF6NO5S. The topological polar surface area (TPSA) is 83.9 Å². The minimum Gasteiger partial charge on any atom is -0.486 e. The number of benzene rings is 3. The molecule has 0 saturated heterocycles. The maximum absolute atomic E-state index is 13.6. The predicted octanol–water partition coefficient (Wildman–Crippen LogP) is 7.37. The van der Waals surface area contributed by atoms with Gasteiger partial charge in [0.05, 0.1) is 28.3 Å². The van der Waals surface area contributed by atoms with Gasteiger partial charge < -0.3 is 9.84 Å². The lowest BCUT2D eigenvalue weighted by molar-refractivity contribution is -0.138. The zero-order chi connectivity index (χ0) is 30.2. The number of hydrogen-bond donors (Lipinski definition) is 1. The maximum atomic E-state index is 13.6. The highest BCUT2D eigenvalue weighted by atomic mass is 35.5. The van der Waals surface area contributed by atoms with Crippen molar-refractivity contribution in [2.45, 2.75) is 36.2 Å². The van der Waals surface area contributed by atoms with Gasteiger partial charge in [-0.15, -0.1) is 0 Å². The molecule has 218 valence electrons. The van der Waals surface area contributed by atoms with E-state index in [0.29, 0.717) is 6.07 Å². The molecule has 1 unspecified atom stereocenters. The van der Waals surface area contributed by atoms with Crippen LogP contribution < -0.4 is 9.04 Å². The van der Waals surface area contributed by atoms with Crippen LogP contribution in [0.3, 0.4) is 0 Å². The van der Waals surface area contributed by atoms with E-state index in [9.17, 15) is 39.6 Å². The summed E-state index contributed by atoms with van der Waals surface area (Å²) in [6, 6.07) is 10.5. The molecule has 0 radical (unpaired) electrons. The van der Waals surface area contributed by atoms with Crippen molar-refractivity contribution in [3.8, 4) is 5.75 Å². The summed E-state index contributed by atoms with van der Waals surface area (Å²) in [4.78, 5) is 10.4. The number of carboxylic acids is 1. The first-order chi connectivity index (χ1) is 19.1. The molecule has 41 heavy (non-hydrogen) atoms. The number of halogens is 7. The third-order valence-corrected chi connectivity index (χ3v) is 8.25. The van der Waals surface area contributed by atoms with Crippen LogP contribution in [0.25, 0.3) is 12.2 Å². The fourth-order valence-corrected chi connectivity index (χ4v) is 5.97. The second kappa shape index (κ2) is 11.3. The average Bonchev–Trinajstić information content (AvgIpc) is 2.89. The van der Waals surface area contributed by atoms with Crippen LogP contribution in [0.5, 0.6) is 5.75 Å². The Labute approximate surface area is 235 Å². The highest BCUT2D eigenvalue weighted by molar-refractivity contribution is 7.92. The molecule has 14 heteroatoms. The Morgan fingerprint density at radius 2 is 1.71 bits per heavy atom. The second-order valence-electron chi connectivity index (χ2n) is 8.99. The Morgan fingerprint density at radius 1 is 1.00 bits per heavy atom. The lowest BCUT2D eigenvalue weighted by Crippen LogP contribution is -2.43.